The van der Waals surface area contributed by atoms with Gasteiger partial charge in [0.15, 0.2) is 5.11 Å². The summed E-state index contributed by atoms with van der Waals surface area (Å²) in [6, 6.07) is 24.0. The molecule has 0 spiro atoms. The second-order valence-corrected chi connectivity index (χ2v) is 9.18. The van der Waals surface area contributed by atoms with Gasteiger partial charge in [-0.3, -0.25) is 14.9 Å². The Morgan fingerprint density at radius 2 is 1.59 bits per heavy atom. The Hall–Kier alpha value is -3.71. The van der Waals surface area contributed by atoms with Crippen molar-refractivity contribution in [1.82, 2.24) is 10.6 Å². The van der Waals surface area contributed by atoms with Gasteiger partial charge in [0.25, 0.3) is 11.8 Å². The van der Waals surface area contributed by atoms with Crippen LogP contribution in [-0.2, 0) is 6.42 Å². The number of thiocarbonyl (C=S) groups is 1. The quantitative estimate of drug-likeness (QED) is 0.421. The third kappa shape index (κ3) is 7.71. The highest BCUT2D eigenvalue weighted by Gasteiger charge is 2.18. The lowest BCUT2D eigenvalue weighted by Crippen LogP contribution is -2.41. The van der Waals surface area contributed by atoms with Crippen molar-refractivity contribution in [3.63, 3.8) is 0 Å². The van der Waals surface area contributed by atoms with E-state index >= 15 is 0 Å². The summed E-state index contributed by atoms with van der Waals surface area (Å²) in [4.78, 5) is 25.4. The van der Waals surface area contributed by atoms with Crippen molar-refractivity contribution in [1.29, 1.82) is 0 Å². The Morgan fingerprint density at radius 1 is 0.882 bits per heavy atom. The Balaban J connectivity index is 1.58. The second-order valence-electron chi connectivity index (χ2n) is 8.77. The summed E-state index contributed by atoms with van der Waals surface area (Å²) in [7, 11) is 0. The van der Waals surface area contributed by atoms with Gasteiger partial charge in [0.2, 0.25) is 0 Å². The van der Waals surface area contributed by atoms with E-state index in [0.29, 0.717) is 29.2 Å². The van der Waals surface area contributed by atoms with Crippen LogP contribution < -0.4 is 20.7 Å². The number of para-hydroxylation sites is 1. The summed E-state index contributed by atoms with van der Waals surface area (Å²) in [6.45, 7) is 6.23. The Kier molecular flexibility index (Phi) is 8.38. The maximum absolute atomic E-state index is 12.7. The number of amides is 2. The molecule has 0 bridgehead atoms. The van der Waals surface area contributed by atoms with Crippen molar-refractivity contribution >= 4 is 34.8 Å². The van der Waals surface area contributed by atoms with E-state index in [1.54, 1.807) is 42.5 Å². The van der Waals surface area contributed by atoms with Gasteiger partial charge in [-0.1, -0.05) is 48.5 Å². The summed E-state index contributed by atoms with van der Waals surface area (Å²) in [5.41, 5.74) is 2.16. The van der Waals surface area contributed by atoms with Crippen LogP contribution in [0.3, 0.4) is 0 Å². The number of carbonyl (C=O) groups excluding carboxylic acids is 2. The molecule has 0 fully saturated rings. The molecule has 0 heterocycles. The van der Waals surface area contributed by atoms with Gasteiger partial charge in [0.05, 0.1) is 17.9 Å². The number of hydrogen-bond acceptors (Lipinski definition) is 4. The fraction of sp³-hybridized carbons (Fsp3) is 0.222. The van der Waals surface area contributed by atoms with Crippen LogP contribution in [0.1, 0.15) is 47.1 Å². The Morgan fingerprint density at radius 3 is 2.32 bits per heavy atom. The first-order valence-corrected chi connectivity index (χ1v) is 11.4. The van der Waals surface area contributed by atoms with Crippen LogP contribution in [0.4, 0.5) is 5.69 Å². The highest BCUT2D eigenvalue weighted by molar-refractivity contribution is 7.80. The smallest absolute Gasteiger partial charge is 0.257 e. The first-order valence-electron chi connectivity index (χ1n) is 11.0. The van der Waals surface area contributed by atoms with E-state index in [0.717, 1.165) is 6.42 Å². The lowest BCUT2D eigenvalue weighted by molar-refractivity contribution is 0.0919. The van der Waals surface area contributed by atoms with E-state index in [4.69, 9.17) is 17.0 Å². The molecule has 0 atom stereocenters. The van der Waals surface area contributed by atoms with E-state index in [2.05, 4.69) is 16.0 Å². The van der Waals surface area contributed by atoms with Crippen LogP contribution in [0.2, 0.25) is 0 Å². The van der Waals surface area contributed by atoms with Crippen molar-refractivity contribution in [3.05, 3.63) is 95.6 Å². The molecule has 3 rings (SSSR count). The number of anilines is 1. The lowest BCUT2D eigenvalue weighted by Gasteiger charge is -2.21. The fourth-order valence-corrected chi connectivity index (χ4v) is 3.39. The van der Waals surface area contributed by atoms with Gasteiger partial charge in [-0.15, -0.1) is 0 Å². The largest absolute Gasteiger partial charge is 0.493 e. The third-order valence-corrected chi connectivity index (χ3v) is 4.94. The molecule has 3 N–H and O–H groups in total. The molecular weight excluding hydrogens is 446 g/mol. The molecule has 0 saturated carbocycles. The van der Waals surface area contributed by atoms with Crippen LogP contribution >= 0.6 is 12.2 Å². The summed E-state index contributed by atoms with van der Waals surface area (Å²) >= 11 is 5.32. The SMILES string of the molecule is CC(C)(C)NC(=O)c1ccccc1NC(=S)NC(=O)c1cccc(OCCc2ccccc2)c1. The summed E-state index contributed by atoms with van der Waals surface area (Å²) in [5.74, 6) is -0.000585. The molecule has 0 saturated heterocycles. The normalized spacial score (nSPS) is 10.8. The van der Waals surface area contributed by atoms with Gasteiger partial charge < -0.3 is 15.4 Å². The minimum absolute atomic E-state index is 0.0939. The number of ether oxygens (including phenoxy) is 1. The number of nitrogens with one attached hydrogen (secondary N) is 3. The van der Waals surface area contributed by atoms with Gasteiger partial charge in [-0.2, -0.15) is 0 Å². The highest BCUT2D eigenvalue weighted by atomic mass is 32.1. The minimum Gasteiger partial charge on any atom is -0.493 e. The van der Waals surface area contributed by atoms with E-state index < -0.39 is 0 Å². The lowest BCUT2D eigenvalue weighted by atomic mass is 10.1. The van der Waals surface area contributed by atoms with Crippen molar-refractivity contribution in [3.8, 4) is 5.75 Å². The average Bonchev–Trinajstić information content (AvgIpc) is 2.79. The molecule has 0 aromatic heterocycles. The number of carbonyl (C=O) groups is 2. The molecule has 7 heteroatoms. The maximum atomic E-state index is 12.7. The van der Waals surface area contributed by atoms with Gasteiger partial charge in [0, 0.05) is 17.5 Å². The van der Waals surface area contributed by atoms with Crippen molar-refractivity contribution in [2.75, 3.05) is 11.9 Å². The Labute approximate surface area is 205 Å². The maximum Gasteiger partial charge on any atom is 0.257 e. The molecule has 0 unspecified atom stereocenters. The van der Waals surface area contributed by atoms with Crippen LogP contribution in [0.15, 0.2) is 78.9 Å². The first kappa shape index (κ1) is 24.9. The zero-order valence-corrected chi connectivity index (χ0v) is 20.4. The van der Waals surface area contributed by atoms with Crippen LogP contribution in [-0.4, -0.2) is 29.1 Å². The summed E-state index contributed by atoms with van der Waals surface area (Å²) in [6.07, 6.45) is 0.771. The standard InChI is InChI=1S/C27H29N3O3S/c1-27(2,3)30-25(32)22-14-7-8-15-23(22)28-26(34)29-24(31)20-12-9-13-21(18-20)33-17-16-19-10-5-4-6-11-19/h4-15,18H,16-17H2,1-3H3,(H,30,32)(H2,28,29,31,34). The average molecular weight is 476 g/mol. The van der Waals surface area contributed by atoms with Gasteiger partial charge in [0.1, 0.15) is 5.75 Å². The molecule has 0 aliphatic heterocycles. The summed E-state index contributed by atoms with van der Waals surface area (Å²) < 4.78 is 5.81. The van der Waals surface area contributed by atoms with Crippen LogP contribution in [0, 0.1) is 0 Å². The number of benzene rings is 3. The van der Waals surface area contributed by atoms with E-state index in [-0.39, 0.29) is 22.5 Å². The molecule has 6 nitrogen and oxygen atoms in total. The van der Waals surface area contributed by atoms with Crippen molar-refractivity contribution in [2.24, 2.45) is 0 Å². The topological polar surface area (TPSA) is 79.5 Å². The summed E-state index contributed by atoms with van der Waals surface area (Å²) in [5, 5.41) is 8.63. The van der Waals surface area contributed by atoms with E-state index in [9.17, 15) is 9.59 Å². The molecule has 0 radical (unpaired) electrons. The zero-order chi connectivity index (χ0) is 24.6. The third-order valence-electron chi connectivity index (χ3n) is 4.73. The first-order chi connectivity index (χ1) is 16.2. The molecule has 3 aromatic rings. The number of rotatable bonds is 7. The van der Waals surface area contributed by atoms with E-state index in [1.807, 2.05) is 57.2 Å². The van der Waals surface area contributed by atoms with Crippen molar-refractivity contribution < 1.29 is 14.3 Å². The van der Waals surface area contributed by atoms with Gasteiger partial charge >= 0.3 is 0 Å². The molecule has 2 amide bonds. The molecule has 176 valence electrons. The zero-order valence-electron chi connectivity index (χ0n) is 19.6. The predicted octanol–water partition coefficient (Wildman–Crippen LogP) is 4.96. The molecule has 34 heavy (non-hydrogen) atoms. The van der Waals surface area contributed by atoms with Gasteiger partial charge in [-0.05, 0) is 68.9 Å². The van der Waals surface area contributed by atoms with Crippen LogP contribution in [0.5, 0.6) is 5.75 Å². The minimum atomic E-state index is -0.382. The molecular formula is C27H29N3O3S. The van der Waals surface area contributed by atoms with Gasteiger partial charge in [-0.25, -0.2) is 0 Å². The fourth-order valence-electron chi connectivity index (χ4n) is 3.19. The van der Waals surface area contributed by atoms with Crippen molar-refractivity contribution in [2.45, 2.75) is 32.7 Å². The second kappa shape index (κ2) is 11.4. The Bertz CT molecular complexity index is 1160. The molecule has 3 aromatic carbocycles. The number of hydrogen-bond donors (Lipinski definition) is 3. The molecule has 0 aliphatic carbocycles. The highest BCUT2D eigenvalue weighted by Crippen LogP contribution is 2.17. The monoisotopic (exact) mass is 475 g/mol. The predicted molar refractivity (Wildman–Crippen MR) is 139 cm³/mol. The van der Waals surface area contributed by atoms with Crippen LogP contribution in [0.25, 0.3) is 0 Å². The van der Waals surface area contributed by atoms with E-state index in [1.165, 1.54) is 5.56 Å². The molecule has 0 aliphatic rings.